The molecular formula is C10H9N2O2S+. The highest BCUT2D eigenvalue weighted by molar-refractivity contribution is 7.13. The first-order valence-electron chi connectivity index (χ1n) is 4.36. The third-order valence-electron chi connectivity index (χ3n) is 1.89. The third kappa shape index (κ3) is 2.38. The first-order valence-corrected chi connectivity index (χ1v) is 5.24. The maximum atomic E-state index is 10.5. The summed E-state index contributed by atoms with van der Waals surface area (Å²) >= 11 is 1.56. The predicted octanol–water partition coefficient (Wildman–Crippen LogP) is 1.18. The van der Waals surface area contributed by atoms with Crippen LogP contribution >= 0.6 is 11.3 Å². The minimum atomic E-state index is -0.845. The molecule has 0 aliphatic rings. The van der Waals surface area contributed by atoms with Crippen LogP contribution in [0.3, 0.4) is 0 Å². The summed E-state index contributed by atoms with van der Waals surface area (Å²) in [6.45, 7) is -0.0157. The standard InChI is InChI=1S/C10H8N2O2S/c13-9(14)7-12-4-1-8(2-5-12)10-11-3-6-15-10/h1-6H,7H2/p+1. The maximum absolute atomic E-state index is 10.5. The van der Waals surface area contributed by atoms with Crippen LogP contribution in [0.2, 0.25) is 0 Å². The van der Waals surface area contributed by atoms with Gasteiger partial charge in [-0.25, -0.2) is 9.78 Å². The minimum absolute atomic E-state index is 0.0157. The van der Waals surface area contributed by atoms with E-state index in [-0.39, 0.29) is 6.54 Å². The van der Waals surface area contributed by atoms with Crippen LogP contribution in [-0.2, 0) is 11.3 Å². The van der Waals surface area contributed by atoms with Gasteiger partial charge in [0.25, 0.3) is 0 Å². The van der Waals surface area contributed by atoms with E-state index >= 15 is 0 Å². The summed E-state index contributed by atoms with van der Waals surface area (Å²) in [6, 6.07) is 3.73. The van der Waals surface area contributed by atoms with Crippen molar-refractivity contribution in [2.24, 2.45) is 0 Å². The molecule has 0 amide bonds. The van der Waals surface area contributed by atoms with E-state index in [9.17, 15) is 4.79 Å². The second-order valence-corrected chi connectivity index (χ2v) is 3.88. The molecule has 0 atom stereocenters. The van der Waals surface area contributed by atoms with Gasteiger partial charge in [-0.15, -0.1) is 11.3 Å². The van der Waals surface area contributed by atoms with Crippen molar-refractivity contribution in [1.82, 2.24) is 4.98 Å². The monoisotopic (exact) mass is 221 g/mol. The van der Waals surface area contributed by atoms with Crippen molar-refractivity contribution in [3.8, 4) is 10.6 Å². The van der Waals surface area contributed by atoms with Crippen molar-refractivity contribution in [3.05, 3.63) is 36.1 Å². The zero-order valence-corrected chi connectivity index (χ0v) is 8.65. The molecule has 76 valence electrons. The molecule has 0 aromatic carbocycles. The van der Waals surface area contributed by atoms with E-state index < -0.39 is 5.97 Å². The molecule has 0 unspecified atom stereocenters. The van der Waals surface area contributed by atoms with Crippen LogP contribution in [0.25, 0.3) is 10.6 Å². The van der Waals surface area contributed by atoms with Gasteiger partial charge in [0, 0.05) is 29.3 Å². The Morgan fingerprint density at radius 2 is 2.20 bits per heavy atom. The van der Waals surface area contributed by atoms with Crippen molar-refractivity contribution in [1.29, 1.82) is 0 Å². The van der Waals surface area contributed by atoms with Crippen LogP contribution in [-0.4, -0.2) is 16.1 Å². The number of carboxylic acids is 1. The van der Waals surface area contributed by atoms with Crippen molar-refractivity contribution in [2.75, 3.05) is 0 Å². The molecule has 0 fully saturated rings. The highest BCUT2D eigenvalue weighted by atomic mass is 32.1. The highest BCUT2D eigenvalue weighted by Crippen LogP contribution is 2.19. The number of nitrogens with zero attached hydrogens (tertiary/aromatic N) is 2. The lowest BCUT2D eigenvalue weighted by Gasteiger charge is -1.94. The molecule has 2 rings (SSSR count). The number of aliphatic carboxylic acids is 1. The summed E-state index contributed by atoms with van der Waals surface area (Å²) in [5.41, 5.74) is 1.01. The predicted molar refractivity (Wildman–Crippen MR) is 55.4 cm³/mol. The lowest BCUT2D eigenvalue weighted by molar-refractivity contribution is -0.685. The number of rotatable bonds is 3. The molecule has 2 aromatic heterocycles. The van der Waals surface area contributed by atoms with Gasteiger partial charge in [-0.2, -0.15) is 4.57 Å². The van der Waals surface area contributed by atoms with E-state index in [0.29, 0.717) is 0 Å². The fraction of sp³-hybridized carbons (Fsp3) is 0.100. The third-order valence-corrected chi connectivity index (χ3v) is 2.71. The summed E-state index contributed by atoms with van der Waals surface area (Å²) in [4.78, 5) is 14.6. The number of pyridine rings is 1. The maximum Gasteiger partial charge on any atom is 0.370 e. The first kappa shape index (κ1) is 9.79. The van der Waals surface area contributed by atoms with Crippen molar-refractivity contribution in [3.63, 3.8) is 0 Å². The number of carboxylic acid groups (broad SMARTS) is 1. The molecule has 0 bridgehead atoms. The molecule has 4 nitrogen and oxygen atoms in total. The summed E-state index contributed by atoms with van der Waals surface area (Å²) in [7, 11) is 0. The molecular weight excluding hydrogens is 212 g/mol. The van der Waals surface area contributed by atoms with Crippen molar-refractivity contribution >= 4 is 17.3 Å². The molecule has 5 heteroatoms. The van der Waals surface area contributed by atoms with E-state index in [1.54, 1.807) is 34.5 Å². The molecule has 2 aromatic rings. The Morgan fingerprint density at radius 3 is 2.73 bits per heavy atom. The van der Waals surface area contributed by atoms with E-state index in [1.807, 2.05) is 17.5 Å². The molecule has 0 aliphatic carbocycles. The van der Waals surface area contributed by atoms with Gasteiger partial charge in [0.15, 0.2) is 12.4 Å². The van der Waals surface area contributed by atoms with Gasteiger partial charge in [0.05, 0.1) is 0 Å². The van der Waals surface area contributed by atoms with Gasteiger partial charge in [0.2, 0.25) is 6.54 Å². The van der Waals surface area contributed by atoms with Gasteiger partial charge in [0.1, 0.15) is 5.01 Å². The van der Waals surface area contributed by atoms with Gasteiger partial charge >= 0.3 is 5.97 Å². The Hall–Kier alpha value is -1.75. The van der Waals surface area contributed by atoms with Crippen molar-refractivity contribution < 1.29 is 14.5 Å². The SMILES string of the molecule is O=C(O)C[n+]1ccc(-c2nccs2)cc1. The lowest BCUT2D eigenvalue weighted by atomic mass is 10.3. The van der Waals surface area contributed by atoms with Gasteiger partial charge < -0.3 is 5.11 Å². The molecule has 0 radical (unpaired) electrons. The Bertz CT molecular complexity index is 451. The molecule has 1 N–H and O–H groups in total. The summed E-state index contributed by atoms with van der Waals surface area (Å²) in [5.74, 6) is -0.845. The topological polar surface area (TPSA) is 54.1 Å². The van der Waals surface area contributed by atoms with E-state index in [1.165, 1.54) is 0 Å². The Morgan fingerprint density at radius 1 is 1.47 bits per heavy atom. The van der Waals surface area contributed by atoms with Gasteiger partial charge in [-0.1, -0.05) is 0 Å². The largest absolute Gasteiger partial charge is 0.477 e. The van der Waals surface area contributed by atoms with Gasteiger partial charge in [-0.3, -0.25) is 0 Å². The number of aromatic nitrogens is 2. The van der Waals surface area contributed by atoms with Crippen molar-refractivity contribution in [2.45, 2.75) is 6.54 Å². The van der Waals surface area contributed by atoms with E-state index in [2.05, 4.69) is 4.98 Å². The average Bonchev–Trinajstić information content (AvgIpc) is 2.71. The average molecular weight is 221 g/mol. The molecule has 15 heavy (non-hydrogen) atoms. The second-order valence-electron chi connectivity index (χ2n) is 2.99. The zero-order chi connectivity index (χ0) is 10.7. The van der Waals surface area contributed by atoms with Crippen LogP contribution in [0.1, 0.15) is 0 Å². The van der Waals surface area contributed by atoms with Gasteiger partial charge in [-0.05, 0) is 0 Å². The molecule has 0 spiro atoms. The number of hydrogen-bond acceptors (Lipinski definition) is 3. The Balaban J connectivity index is 2.21. The lowest BCUT2D eigenvalue weighted by Crippen LogP contribution is -2.36. The summed E-state index contributed by atoms with van der Waals surface area (Å²) in [6.07, 6.45) is 5.23. The second kappa shape index (κ2) is 4.18. The molecule has 2 heterocycles. The Kier molecular flexibility index (Phi) is 2.73. The minimum Gasteiger partial charge on any atom is -0.477 e. The molecule has 0 aliphatic heterocycles. The van der Waals surface area contributed by atoms with Crippen LogP contribution in [0.4, 0.5) is 0 Å². The van der Waals surface area contributed by atoms with Crippen LogP contribution in [0.5, 0.6) is 0 Å². The molecule has 0 saturated heterocycles. The Labute approximate surface area is 90.5 Å². The van der Waals surface area contributed by atoms with Crippen LogP contribution < -0.4 is 4.57 Å². The summed E-state index contributed by atoms with van der Waals surface area (Å²) < 4.78 is 1.61. The fourth-order valence-corrected chi connectivity index (χ4v) is 1.87. The quantitative estimate of drug-likeness (QED) is 0.792. The van der Waals surface area contributed by atoms with E-state index in [0.717, 1.165) is 10.6 Å². The smallest absolute Gasteiger partial charge is 0.370 e. The zero-order valence-electron chi connectivity index (χ0n) is 7.83. The fourth-order valence-electron chi connectivity index (χ4n) is 1.23. The summed E-state index contributed by atoms with van der Waals surface area (Å²) in [5, 5.41) is 11.4. The van der Waals surface area contributed by atoms with E-state index in [4.69, 9.17) is 5.11 Å². The normalized spacial score (nSPS) is 10.1. The number of hydrogen-bond donors (Lipinski definition) is 1. The number of carbonyl (C=O) groups is 1. The van der Waals surface area contributed by atoms with Crippen LogP contribution in [0.15, 0.2) is 36.1 Å². The van der Waals surface area contributed by atoms with Crippen LogP contribution in [0, 0.1) is 0 Å². The first-order chi connectivity index (χ1) is 7.25. The highest BCUT2D eigenvalue weighted by Gasteiger charge is 2.07. The molecule has 0 saturated carbocycles. The number of thiazole rings is 1.